The van der Waals surface area contributed by atoms with E-state index in [0.717, 1.165) is 12.0 Å². The fourth-order valence-electron chi connectivity index (χ4n) is 0.874. The molecular weight excluding hydrogens is 167 g/mol. The summed E-state index contributed by atoms with van der Waals surface area (Å²) in [5.41, 5.74) is 1.09. The Morgan fingerprint density at radius 3 is 2.54 bits per heavy atom. The van der Waals surface area contributed by atoms with E-state index in [9.17, 15) is 4.39 Å². The molecule has 0 saturated carbocycles. The molecule has 0 fully saturated rings. The molecule has 0 heterocycles. The van der Waals surface area contributed by atoms with Gasteiger partial charge >= 0.3 is 0 Å². The molecule has 0 N–H and O–H groups in total. The van der Waals surface area contributed by atoms with Crippen molar-refractivity contribution in [1.29, 1.82) is 0 Å². The van der Waals surface area contributed by atoms with Crippen LogP contribution in [-0.4, -0.2) is 6.61 Å². The highest BCUT2D eigenvalue weighted by atomic mass is 19.1. The van der Waals surface area contributed by atoms with Crippen LogP contribution >= 0.6 is 0 Å². The molecule has 0 aliphatic carbocycles. The van der Waals surface area contributed by atoms with Gasteiger partial charge in [0.1, 0.15) is 11.6 Å². The predicted molar refractivity (Wildman–Crippen MR) is 51.3 cm³/mol. The average molecular weight is 180 g/mol. The van der Waals surface area contributed by atoms with E-state index in [1.807, 2.05) is 6.92 Å². The maximum absolute atomic E-state index is 12.5. The van der Waals surface area contributed by atoms with Crippen molar-refractivity contribution in [3.63, 3.8) is 0 Å². The second-order valence-corrected chi connectivity index (χ2v) is 3.01. The van der Waals surface area contributed by atoms with Crippen molar-refractivity contribution in [2.45, 2.75) is 13.3 Å². The van der Waals surface area contributed by atoms with Gasteiger partial charge in [-0.25, -0.2) is 4.39 Å². The van der Waals surface area contributed by atoms with Crippen LogP contribution in [0, 0.1) is 5.82 Å². The zero-order chi connectivity index (χ0) is 9.68. The molecule has 0 unspecified atom stereocenters. The SMILES string of the molecule is C=C(C)CCOc1ccc(F)cc1. The van der Waals surface area contributed by atoms with Crippen molar-refractivity contribution in [1.82, 2.24) is 0 Å². The van der Waals surface area contributed by atoms with Crippen LogP contribution in [-0.2, 0) is 0 Å². The standard InChI is InChI=1S/C11H13FO/c1-9(2)7-8-13-11-5-3-10(12)4-6-11/h3-6H,1,7-8H2,2H3. The van der Waals surface area contributed by atoms with Gasteiger partial charge in [-0.15, -0.1) is 6.58 Å². The Morgan fingerprint density at radius 2 is 2.00 bits per heavy atom. The lowest BCUT2D eigenvalue weighted by Crippen LogP contribution is -1.97. The molecule has 1 rings (SSSR count). The van der Waals surface area contributed by atoms with Crippen molar-refractivity contribution in [2.75, 3.05) is 6.61 Å². The number of rotatable bonds is 4. The van der Waals surface area contributed by atoms with Crippen LogP contribution < -0.4 is 4.74 Å². The third-order valence-electron chi connectivity index (χ3n) is 1.61. The lowest BCUT2D eigenvalue weighted by molar-refractivity contribution is 0.321. The van der Waals surface area contributed by atoms with Crippen molar-refractivity contribution < 1.29 is 9.13 Å². The molecular formula is C11H13FO. The highest BCUT2D eigenvalue weighted by Gasteiger charge is 1.93. The maximum atomic E-state index is 12.5. The van der Waals surface area contributed by atoms with E-state index in [-0.39, 0.29) is 5.82 Å². The van der Waals surface area contributed by atoms with Gasteiger partial charge in [-0.3, -0.25) is 0 Å². The number of halogens is 1. The Balaban J connectivity index is 2.37. The molecule has 0 radical (unpaired) electrons. The summed E-state index contributed by atoms with van der Waals surface area (Å²) in [6.45, 7) is 6.31. The van der Waals surface area contributed by atoms with Gasteiger partial charge in [-0.1, -0.05) is 5.57 Å². The minimum absolute atomic E-state index is 0.243. The second kappa shape index (κ2) is 4.65. The molecule has 0 atom stereocenters. The molecule has 0 spiro atoms. The van der Waals surface area contributed by atoms with Gasteiger partial charge in [0.05, 0.1) is 6.61 Å². The van der Waals surface area contributed by atoms with Gasteiger partial charge in [-0.05, 0) is 31.2 Å². The van der Waals surface area contributed by atoms with Gasteiger partial charge < -0.3 is 4.74 Å². The minimum Gasteiger partial charge on any atom is -0.493 e. The number of hydrogen-bond acceptors (Lipinski definition) is 1. The van der Waals surface area contributed by atoms with E-state index >= 15 is 0 Å². The Morgan fingerprint density at radius 1 is 1.38 bits per heavy atom. The minimum atomic E-state index is -0.243. The molecule has 0 saturated heterocycles. The van der Waals surface area contributed by atoms with E-state index in [2.05, 4.69) is 6.58 Å². The van der Waals surface area contributed by atoms with Crippen LogP contribution in [0.5, 0.6) is 5.75 Å². The van der Waals surface area contributed by atoms with Crippen molar-refractivity contribution >= 4 is 0 Å². The topological polar surface area (TPSA) is 9.23 Å². The molecule has 1 aromatic rings. The Kier molecular flexibility index (Phi) is 3.50. The molecule has 1 nitrogen and oxygen atoms in total. The summed E-state index contributed by atoms with van der Waals surface area (Å²) in [5.74, 6) is 0.454. The molecule has 2 heteroatoms. The van der Waals surface area contributed by atoms with E-state index in [1.54, 1.807) is 12.1 Å². The van der Waals surface area contributed by atoms with E-state index in [4.69, 9.17) is 4.74 Å². The largest absolute Gasteiger partial charge is 0.493 e. The lowest BCUT2D eigenvalue weighted by Gasteiger charge is -2.04. The van der Waals surface area contributed by atoms with Crippen LogP contribution in [0.25, 0.3) is 0 Å². The Bertz CT molecular complexity index is 277. The number of benzene rings is 1. The fourth-order valence-corrected chi connectivity index (χ4v) is 0.874. The first-order valence-corrected chi connectivity index (χ1v) is 4.21. The van der Waals surface area contributed by atoms with E-state index in [1.165, 1.54) is 12.1 Å². The summed E-state index contributed by atoms with van der Waals surface area (Å²) < 4.78 is 17.8. The van der Waals surface area contributed by atoms with Gasteiger partial charge in [0.25, 0.3) is 0 Å². The number of ether oxygens (including phenoxy) is 1. The Labute approximate surface area is 77.8 Å². The molecule has 0 aliphatic rings. The normalized spacial score (nSPS) is 9.69. The molecule has 0 bridgehead atoms. The van der Waals surface area contributed by atoms with Gasteiger partial charge in [0.15, 0.2) is 0 Å². The molecule has 0 aromatic heterocycles. The third-order valence-corrected chi connectivity index (χ3v) is 1.61. The lowest BCUT2D eigenvalue weighted by atomic mass is 10.2. The van der Waals surface area contributed by atoms with E-state index in [0.29, 0.717) is 12.4 Å². The van der Waals surface area contributed by atoms with Crippen molar-refractivity contribution in [2.24, 2.45) is 0 Å². The summed E-state index contributed by atoms with van der Waals surface area (Å²) in [5, 5.41) is 0. The molecule has 1 aromatic carbocycles. The van der Waals surface area contributed by atoms with Crippen molar-refractivity contribution in [3.05, 3.63) is 42.2 Å². The first-order valence-electron chi connectivity index (χ1n) is 4.21. The zero-order valence-corrected chi connectivity index (χ0v) is 7.72. The van der Waals surface area contributed by atoms with Crippen LogP contribution in [0.2, 0.25) is 0 Å². The summed E-state index contributed by atoms with van der Waals surface area (Å²) in [4.78, 5) is 0. The van der Waals surface area contributed by atoms with Gasteiger partial charge in [-0.2, -0.15) is 0 Å². The van der Waals surface area contributed by atoms with Crippen LogP contribution in [0.3, 0.4) is 0 Å². The molecule has 0 amide bonds. The summed E-state index contributed by atoms with van der Waals surface area (Å²) in [6, 6.07) is 6.01. The predicted octanol–water partition coefficient (Wildman–Crippen LogP) is 3.17. The van der Waals surface area contributed by atoms with E-state index < -0.39 is 0 Å². The van der Waals surface area contributed by atoms with Crippen molar-refractivity contribution in [3.8, 4) is 5.75 Å². The molecule has 13 heavy (non-hydrogen) atoms. The quantitative estimate of drug-likeness (QED) is 0.646. The van der Waals surface area contributed by atoms with Gasteiger partial charge in [0.2, 0.25) is 0 Å². The zero-order valence-electron chi connectivity index (χ0n) is 7.72. The van der Waals surface area contributed by atoms with Crippen LogP contribution in [0.1, 0.15) is 13.3 Å². The summed E-state index contributed by atoms with van der Waals surface area (Å²) in [7, 11) is 0. The highest BCUT2D eigenvalue weighted by molar-refractivity contribution is 5.22. The first-order chi connectivity index (χ1) is 6.18. The average Bonchev–Trinajstić information content (AvgIpc) is 2.08. The smallest absolute Gasteiger partial charge is 0.123 e. The molecule has 70 valence electrons. The van der Waals surface area contributed by atoms with Gasteiger partial charge in [0, 0.05) is 6.42 Å². The van der Waals surface area contributed by atoms with Crippen LogP contribution in [0.4, 0.5) is 4.39 Å². The number of hydrogen-bond donors (Lipinski definition) is 0. The fraction of sp³-hybridized carbons (Fsp3) is 0.273. The van der Waals surface area contributed by atoms with Crippen LogP contribution in [0.15, 0.2) is 36.4 Å². The maximum Gasteiger partial charge on any atom is 0.123 e. The first kappa shape index (κ1) is 9.78. The summed E-state index contributed by atoms with van der Waals surface area (Å²) in [6.07, 6.45) is 0.831. The second-order valence-electron chi connectivity index (χ2n) is 3.01. The Hall–Kier alpha value is -1.31. The monoisotopic (exact) mass is 180 g/mol. The highest BCUT2D eigenvalue weighted by Crippen LogP contribution is 2.11. The summed E-state index contributed by atoms with van der Waals surface area (Å²) >= 11 is 0. The molecule has 0 aliphatic heterocycles. The third kappa shape index (κ3) is 3.74.